The fourth-order valence-corrected chi connectivity index (χ4v) is 1.37. The number of nitro benzene ring substituents is 1. The first-order chi connectivity index (χ1) is 8.04. The second kappa shape index (κ2) is 5.95. The van der Waals surface area contributed by atoms with Crippen molar-refractivity contribution in [1.82, 2.24) is 10.6 Å². The Kier molecular flexibility index (Phi) is 4.59. The lowest BCUT2D eigenvalue weighted by atomic mass is 10.1. The summed E-state index contributed by atoms with van der Waals surface area (Å²) in [5.74, 6) is -0.119. The molecule has 0 saturated carbocycles. The number of aryl methyl sites for hydroxylation is 1. The summed E-state index contributed by atoms with van der Waals surface area (Å²) < 4.78 is 0. The number of likely N-dealkylation sites (N-methyl/N-ethyl adjacent to an activating group) is 1. The Hall–Kier alpha value is -1.95. The summed E-state index contributed by atoms with van der Waals surface area (Å²) >= 11 is 0. The van der Waals surface area contributed by atoms with E-state index in [1.165, 1.54) is 6.07 Å². The van der Waals surface area contributed by atoms with Gasteiger partial charge in [0, 0.05) is 25.2 Å². The van der Waals surface area contributed by atoms with Gasteiger partial charge in [-0.1, -0.05) is 12.1 Å². The molecule has 0 unspecified atom stereocenters. The summed E-state index contributed by atoms with van der Waals surface area (Å²) in [6.07, 6.45) is 0. The van der Waals surface area contributed by atoms with Gasteiger partial charge >= 0.3 is 0 Å². The maximum absolute atomic E-state index is 10.9. The van der Waals surface area contributed by atoms with Gasteiger partial charge in [-0.3, -0.25) is 14.9 Å². The lowest BCUT2D eigenvalue weighted by Crippen LogP contribution is -2.30. The topological polar surface area (TPSA) is 84.3 Å². The zero-order valence-corrected chi connectivity index (χ0v) is 9.82. The molecule has 0 aliphatic carbocycles. The molecule has 0 aliphatic heterocycles. The Bertz CT molecular complexity index is 432. The first kappa shape index (κ1) is 13.1. The second-order valence-corrected chi connectivity index (χ2v) is 3.65. The van der Waals surface area contributed by atoms with E-state index in [1.807, 2.05) is 0 Å². The number of hydrogen-bond acceptors (Lipinski definition) is 4. The predicted octanol–water partition coefficient (Wildman–Crippen LogP) is 0.739. The smallest absolute Gasteiger partial charge is 0.272 e. The highest BCUT2D eigenvalue weighted by molar-refractivity contribution is 5.77. The Balaban J connectivity index is 2.63. The summed E-state index contributed by atoms with van der Waals surface area (Å²) in [7, 11) is 1.56. The molecule has 0 radical (unpaired) electrons. The van der Waals surface area contributed by atoms with Crippen LogP contribution in [0.3, 0.4) is 0 Å². The van der Waals surface area contributed by atoms with Crippen LogP contribution in [0.1, 0.15) is 11.1 Å². The highest BCUT2D eigenvalue weighted by Gasteiger charge is 2.10. The molecule has 0 aliphatic rings. The molecule has 1 aromatic carbocycles. The van der Waals surface area contributed by atoms with Gasteiger partial charge in [-0.2, -0.15) is 0 Å². The molecule has 17 heavy (non-hydrogen) atoms. The van der Waals surface area contributed by atoms with Crippen LogP contribution in [0.25, 0.3) is 0 Å². The highest BCUT2D eigenvalue weighted by Crippen LogP contribution is 2.18. The summed E-state index contributed by atoms with van der Waals surface area (Å²) in [6.45, 7) is 2.31. The summed E-state index contributed by atoms with van der Waals surface area (Å²) in [5, 5.41) is 16.1. The SMILES string of the molecule is CNC(=O)CNCc1ccc(C)c([N+](=O)[O-])c1. The number of benzene rings is 1. The highest BCUT2D eigenvalue weighted by atomic mass is 16.6. The van der Waals surface area contributed by atoms with Crippen LogP contribution in [0.5, 0.6) is 0 Å². The average molecular weight is 237 g/mol. The zero-order chi connectivity index (χ0) is 12.8. The van der Waals surface area contributed by atoms with Gasteiger partial charge < -0.3 is 10.6 Å². The first-order valence-electron chi connectivity index (χ1n) is 5.20. The summed E-state index contributed by atoms with van der Waals surface area (Å²) in [5.41, 5.74) is 1.51. The molecule has 6 nitrogen and oxygen atoms in total. The summed E-state index contributed by atoms with van der Waals surface area (Å²) in [6, 6.07) is 5.03. The number of amides is 1. The minimum atomic E-state index is -0.405. The van der Waals surface area contributed by atoms with E-state index in [4.69, 9.17) is 0 Å². The van der Waals surface area contributed by atoms with Crippen LogP contribution in [0.4, 0.5) is 5.69 Å². The van der Waals surface area contributed by atoms with Gasteiger partial charge in [-0.15, -0.1) is 0 Å². The molecule has 0 spiro atoms. The molecule has 0 aromatic heterocycles. The molecule has 0 fully saturated rings. The predicted molar refractivity (Wildman–Crippen MR) is 63.6 cm³/mol. The van der Waals surface area contributed by atoms with Crippen LogP contribution in [0, 0.1) is 17.0 Å². The molecular formula is C11H15N3O3. The largest absolute Gasteiger partial charge is 0.358 e. The number of nitrogens with zero attached hydrogens (tertiary/aromatic N) is 1. The molecule has 6 heteroatoms. The van der Waals surface area contributed by atoms with E-state index < -0.39 is 4.92 Å². The molecule has 0 saturated heterocycles. The molecule has 1 rings (SSSR count). The van der Waals surface area contributed by atoms with Crippen LogP contribution in [0.15, 0.2) is 18.2 Å². The maximum Gasteiger partial charge on any atom is 0.272 e. The Labute approximate surface area is 99.2 Å². The van der Waals surface area contributed by atoms with Gasteiger partial charge in [0.1, 0.15) is 0 Å². The van der Waals surface area contributed by atoms with Gasteiger partial charge in [-0.05, 0) is 12.5 Å². The van der Waals surface area contributed by atoms with Crippen molar-refractivity contribution in [3.05, 3.63) is 39.4 Å². The lowest BCUT2D eigenvalue weighted by molar-refractivity contribution is -0.385. The maximum atomic E-state index is 10.9. The van der Waals surface area contributed by atoms with E-state index in [1.54, 1.807) is 26.1 Å². The van der Waals surface area contributed by atoms with Crippen LogP contribution in [-0.4, -0.2) is 24.4 Å². The van der Waals surface area contributed by atoms with Crippen molar-refractivity contribution < 1.29 is 9.72 Å². The molecule has 1 amide bonds. The van der Waals surface area contributed by atoms with Crippen molar-refractivity contribution in [1.29, 1.82) is 0 Å². The van der Waals surface area contributed by atoms with Gasteiger partial charge in [0.15, 0.2) is 0 Å². The zero-order valence-electron chi connectivity index (χ0n) is 9.82. The van der Waals surface area contributed by atoms with Gasteiger partial charge in [0.2, 0.25) is 5.91 Å². The van der Waals surface area contributed by atoms with Gasteiger partial charge in [-0.25, -0.2) is 0 Å². The van der Waals surface area contributed by atoms with Gasteiger partial charge in [0.05, 0.1) is 11.5 Å². The van der Waals surface area contributed by atoms with Crippen LogP contribution in [-0.2, 0) is 11.3 Å². The standard InChI is InChI=1S/C11H15N3O3/c1-8-3-4-9(5-10(8)14(16)17)6-13-7-11(15)12-2/h3-5,13H,6-7H2,1-2H3,(H,12,15). The molecule has 92 valence electrons. The van der Waals surface area contributed by atoms with Crippen LogP contribution >= 0.6 is 0 Å². The quantitative estimate of drug-likeness (QED) is 0.584. The van der Waals surface area contributed by atoms with Gasteiger partial charge in [0.25, 0.3) is 5.69 Å². The lowest BCUT2D eigenvalue weighted by Gasteiger charge is -2.05. The van der Waals surface area contributed by atoms with E-state index >= 15 is 0 Å². The number of nitrogens with one attached hydrogen (secondary N) is 2. The third-order valence-corrected chi connectivity index (χ3v) is 2.36. The number of nitro groups is 1. The third kappa shape index (κ3) is 3.84. The number of carbonyl (C=O) groups excluding carboxylic acids is 1. The normalized spacial score (nSPS) is 10.0. The molecule has 1 aromatic rings. The third-order valence-electron chi connectivity index (χ3n) is 2.36. The number of rotatable bonds is 5. The van der Waals surface area contributed by atoms with E-state index in [0.29, 0.717) is 12.1 Å². The fraction of sp³-hybridized carbons (Fsp3) is 0.364. The van der Waals surface area contributed by atoms with E-state index in [2.05, 4.69) is 10.6 Å². The molecule has 0 heterocycles. The average Bonchev–Trinajstić information content (AvgIpc) is 2.30. The summed E-state index contributed by atoms with van der Waals surface area (Å²) in [4.78, 5) is 21.3. The molecular weight excluding hydrogens is 222 g/mol. The van der Waals surface area contributed by atoms with Crippen LogP contribution < -0.4 is 10.6 Å². The Morgan fingerprint density at radius 1 is 1.47 bits per heavy atom. The van der Waals surface area contributed by atoms with E-state index in [0.717, 1.165) is 5.56 Å². The first-order valence-corrected chi connectivity index (χ1v) is 5.20. The second-order valence-electron chi connectivity index (χ2n) is 3.65. The number of carbonyl (C=O) groups is 1. The van der Waals surface area contributed by atoms with E-state index in [-0.39, 0.29) is 18.1 Å². The van der Waals surface area contributed by atoms with Crippen molar-refractivity contribution >= 4 is 11.6 Å². The minimum Gasteiger partial charge on any atom is -0.358 e. The van der Waals surface area contributed by atoms with Crippen molar-refractivity contribution in [3.8, 4) is 0 Å². The fourth-order valence-electron chi connectivity index (χ4n) is 1.37. The Morgan fingerprint density at radius 3 is 2.76 bits per heavy atom. The van der Waals surface area contributed by atoms with Crippen molar-refractivity contribution in [2.24, 2.45) is 0 Å². The Morgan fingerprint density at radius 2 is 2.18 bits per heavy atom. The number of hydrogen-bond donors (Lipinski definition) is 2. The van der Waals surface area contributed by atoms with Crippen LogP contribution in [0.2, 0.25) is 0 Å². The van der Waals surface area contributed by atoms with E-state index in [9.17, 15) is 14.9 Å². The monoisotopic (exact) mass is 237 g/mol. The molecule has 2 N–H and O–H groups in total. The van der Waals surface area contributed by atoms with Crippen molar-refractivity contribution in [3.63, 3.8) is 0 Å². The molecule has 0 bridgehead atoms. The van der Waals surface area contributed by atoms with Crippen molar-refractivity contribution in [2.45, 2.75) is 13.5 Å². The minimum absolute atomic E-state index is 0.101. The van der Waals surface area contributed by atoms with Crippen molar-refractivity contribution in [2.75, 3.05) is 13.6 Å². The molecule has 0 atom stereocenters.